The van der Waals surface area contributed by atoms with E-state index in [0.717, 1.165) is 17.1 Å². The van der Waals surface area contributed by atoms with Crippen molar-refractivity contribution in [3.05, 3.63) is 90.1 Å². The third-order valence-electron chi connectivity index (χ3n) is 4.49. The molecule has 0 bridgehead atoms. The van der Waals surface area contributed by atoms with Crippen molar-refractivity contribution in [3.63, 3.8) is 0 Å². The van der Waals surface area contributed by atoms with Crippen LogP contribution < -0.4 is 10.1 Å². The average molecular weight is 388 g/mol. The molecule has 0 unspecified atom stereocenters. The number of hydrogen-bond donors (Lipinski definition) is 1. The molecule has 146 valence electrons. The Morgan fingerprint density at radius 1 is 1.10 bits per heavy atom. The number of furan rings is 1. The highest BCUT2D eigenvalue weighted by Crippen LogP contribution is 2.24. The maximum Gasteiger partial charge on any atom is 0.290 e. The molecule has 1 aromatic carbocycles. The fourth-order valence-corrected chi connectivity index (χ4v) is 3.00. The van der Waals surface area contributed by atoms with Gasteiger partial charge in [0.1, 0.15) is 5.75 Å². The second kappa shape index (κ2) is 8.02. The maximum atomic E-state index is 12.6. The molecule has 0 saturated carbocycles. The predicted octanol–water partition coefficient (Wildman–Crippen LogP) is 4.45. The van der Waals surface area contributed by atoms with Gasteiger partial charge in [-0.2, -0.15) is 5.10 Å². The molecule has 0 aliphatic heterocycles. The Kier molecular flexibility index (Phi) is 5.11. The number of aromatic nitrogens is 3. The van der Waals surface area contributed by atoms with Crippen LogP contribution in [0.2, 0.25) is 0 Å². The van der Waals surface area contributed by atoms with Gasteiger partial charge in [0.25, 0.3) is 11.9 Å². The molecule has 1 N–H and O–H groups in total. The molecular formula is C22H20N4O3. The molecule has 1 amide bonds. The van der Waals surface area contributed by atoms with Crippen LogP contribution in [0.5, 0.6) is 11.7 Å². The monoisotopic (exact) mass is 388 g/mol. The zero-order valence-corrected chi connectivity index (χ0v) is 16.1. The normalized spacial score (nSPS) is 11.8. The summed E-state index contributed by atoms with van der Waals surface area (Å²) in [4.78, 5) is 16.9. The number of amides is 1. The summed E-state index contributed by atoms with van der Waals surface area (Å²) in [6.07, 6.45) is 3.45. The Hall–Kier alpha value is -3.87. The van der Waals surface area contributed by atoms with Gasteiger partial charge in [-0.05, 0) is 44.2 Å². The van der Waals surface area contributed by atoms with Crippen molar-refractivity contribution in [3.8, 4) is 17.5 Å². The Morgan fingerprint density at radius 2 is 1.90 bits per heavy atom. The number of nitrogens with one attached hydrogen (secondary N) is 1. The summed E-state index contributed by atoms with van der Waals surface area (Å²) >= 11 is 0. The maximum absolute atomic E-state index is 12.6. The van der Waals surface area contributed by atoms with Gasteiger partial charge in [-0.3, -0.25) is 4.79 Å². The number of para-hydroxylation sites is 1. The number of benzene rings is 1. The summed E-state index contributed by atoms with van der Waals surface area (Å²) in [7, 11) is 0. The minimum Gasteiger partial charge on any atom is -0.426 e. The molecule has 7 nitrogen and oxygen atoms in total. The lowest BCUT2D eigenvalue weighted by Gasteiger charge is -2.13. The van der Waals surface area contributed by atoms with Crippen molar-refractivity contribution in [1.82, 2.24) is 20.1 Å². The Morgan fingerprint density at radius 3 is 2.66 bits per heavy atom. The fraction of sp³-hybridized carbons (Fsp3) is 0.136. The molecule has 0 fully saturated rings. The number of carbonyl (C=O) groups is 1. The number of pyridine rings is 1. The summed E-state index contributed by atoms with van der Waals surface area (Å²) in [5.74, 6) is 1.47. The highest BCUT2D eigenvalue weighted by molar-refractivity contribution is 5.91. The quantitative estimate of drug-likeness (QED) is 0.528. The smallest absolute Gasteiger partial charge is 0.290 e. The van der Waals surface area contributed by atoms with E-state index in [1.807, 2.05) is 62.4 Å². The second-order valence-electron chi connectivity index (χ2n) is 6.51. The van der Waals surface area contributed by atoms with E-state index < -0.39 is 0 Å². The zero-order valence-electron chi connectivity index (χ0n) is 16.1. The molecule has 3 aromatic heterocycles. The Bertz CT molecular complexity index is 1100. The van der Waals surface area contributed by atoms with E-state index in [2.05, 4.69) is 15.4 Å². The van der Waals surface area contributed by atoms with E-state index in [0.29, 0.717) is 5.75 Å². The third-order valence-corrected chi connectivity index (χ3v) is 4.49. The zero-order chi connectivity index (χ0) is 20.2. The number of carbonyl (C=O) groups excluding carboxylic acids is 1. The summed E-state index contributed by atoms with van der Waals surface area (Å²) < 4.78 is 12.9. The van der Waals surface area contributed by atoms with Gasteiger partial charge in [-0.25, -0.2) is 9.67 Å². The molecule has 29 heavy (non-hydrogen) atoms. The fourth-order valence-electron chi connectivity index (χ4n) is 3.00. The van der Waals surface area contributed by atoms with Gasteiger partial charge in [0.2, 0.25) is 0 Å². The first-order chi connectivity index (χ1) is 14.1. The van der Waals surface area contributed by atoms with Crippen molar-refractivity contribution < 1.29 is 13.9 Å². The first kappa shape index (κ1) is 18.5. The molecule has 0 aliphatic rings. The van der Waals surface area contributed by atoms with Gasteiger partial charge >= 0.3 is 0 Å². The Balaban J connectivity index is 1.45. The van der Waals surface area contributed by atoms with Crippen LogP contribution in [-0.2, 0) is 0 Å². The molecule has 4 rings (SSSR count). The van der Waals surface area contributed by atoms with E-state index in [-0.39, 0.29) is 23.7 Å². The van der Waals surface area contributed by atoms with Crippen LogP contribution in [0.4, 0.5) is 0 Å². The summed E-state index contributed by atoms with van der Waals surface area (Å²) in [5, 5.41) is 7.33. The first-order valence-electron chi connectivity index (χ1n) is 9.21. The minimum absolute atomic E-state index is 0.178. The molecule has 4 aromatic rings. The lowest BCUT2D eigenvalue weighted by molar-refractivity contribution is 0.0907. The minimum atomic E-state index is -0.328. The van der Waals surface area contributed by atoms with Crippen molar-refractivity contribution in [2.75, 3.05) is 0 Å². The highest BCUT2D eigenvalue weighted by atomic mass is 16.6. The largest absolute Gasteiger partial charge is 0.426 e. The van der Waals surface area contributed by atoms with Crippen molar-refractivity contribution in [2.24, 2.45) is 0 Å². The summed E-state index contributed by atoms with van der Waals surface area (Å²) in [6.45, 7) is 3.84. The van der Waals surface area contributed by atoms with Crippen LogP contribution >= 0.6 is 0 Å². The molecule has 0 aliphatic carbocycles. The van der Waals surface area contributed by atoms with Gasteiger partial charge in [0.15, 0.2) is 11.6 Å². The summed E-state index contributed by atoms with van der Waals surface area (Å²) in [6, 6.07) is 17.8. The molecule has 0 radical (unpaired) electrons. The van der Waals surface area contributed by atoms with Crippen LogP contribution in [0.15, 0.2) is 77.5 Å². The van der Waals surface area contributed by atoms with E-state index in [4.69, 9.17) is 9.15 Å². The lowest BCUT2D eigenvalue weighted by Crippen LogP contribution is -2.26. The van der Waals surface area contributed by atoms with E-state index in [9.17, 15) is 4.79 Å². The van der Waals surface area contributed by atoms with Gasteiger partial charge in [0, 0.05) is 23.5 Å². The molecule has 1 atom stereocenters. The topological polar surface area (TPSA) is 82.2 Å². The van der Waals surface area contributed by atoms with Crippen LogP contribution in [0.1, 0.15) is 34.8 Å². The van der Waals surface area contributed by atoms with Crippen molar-refractivity contribution in [2.45, 2.75) is 19.9 Å². The van der Waals surface area contributed by atoms with Gasteiger partial charge in [-0.1, -0.05) is 24.3 Å². The SMILES string of the molecule is Cc1c([C@@H](C)NC(=O)c2ccc(Oc3ccccc3)o2)cnn1-c1ccccn1. The van der Waals surface area contributed by atoms with Gasteiger partial charge < -0.3 is 14.5 Å². The first-order valence-corrected chi connectivity index (χ1v) is 9.21. The third kappa shape index (κ3) is 4.03. The van der Waals surface area contributed by atoms with E-state index in [1.165, 1.54) is 0 Å². The standard InChI is InChI=1S/C22H20N4O3/c1-15(18-14-24-26(16(18)2)20-10-6-7-13-23-20)25-22(27)19-11-12-21(29-19)28-17-8-4-3-5-9-17/h3-15H,1-2H3,(H,25,27)/t15-/m1/s1. The average Bonchev–Trinajstić information content (AvgIpc) is 3.36. The van der Waals surface area contributed by atoms with Crippen LogP contribution in [0, 0.1) is 6.92 Å². The van der Waals surface area contributed by atoms with E-state index in [1.54, 1.807) is 29.2 Å². The van der Waals surface area contributed by atoms with Crippen LogP contribution in [0.3, 0.4) is 0 Å². The van der Waals surface area contributed by atoms with E-state index >= 15 is 0 Å². The second-order valence-corrected chi connectivity index (χ2v) is 6.51. The number of rotatable bonds is 6. The summed E-state index contributed by atoms with van der Waals surface area (Å²) in [5.41, 5.74) is 1.81. The number of ether oxygens (including phenoxy) is 1. The van der Waals surface area contributed by atoms with Crippen LogP contribution in [-0.4, -0.2) is 20.7 Å². The molecule has 0 spiro atoms. The highest BCUT2D eigenvalue weighted by Gasteiger charge is 2.19. The number of nitrogens with zero attached hydrogens (tertiary/aromatic N) is 3. The Labute approximate surface area is 168 Å². The molecular weight excluding hydrogens is 368 g/mol. The number of hydrogen-bond acceptors (Lipinski definition) is 5. The van der Waals surface area contributed by atoms with Crippen LogP contribution in [0.25, 0.3) is 5.82 Å². The van der Waals surface area contributed by atoms with Gasteiger partial charge in [-0.15, -0.1) is 0 Å². The van der Waals surface area contributed by atoms with Crippen molar-refractivity contribution in [1.29, 1.82) is 0 Å². The molecule has 7 heteroatoms. The molecule has 3 heterocycles. The van der Waals surface area contributed by atoms with Crippen molar-refractivity contribution >= 4 is 5.91 Å². The van der Waals surface area contributed by atoms with Gasteiger partial charge in [0.05, 0.1) is 12.2 Å². The predicted molar refractivity (Wildman–Crippen MR) is 107 cm³/mol. The molecule has 0 saturated heterocycles. The lowest BCUT2D eigenvalue weighted by atomic mass is 10.1.